The summed E-state index contributed by atoms with van der Waals surface area (Å²) in [5.41, 5.74) is 3.05. The van der Waals surface area contributed by atoms with Crippen LogP contribution >= 0.6 is 0 Å². The molecule has 160 valence electrons. The third kappa shape index (κ3) is 4.70. The molecule has 0 radical (unpaired) electrons. The van der Waals surface area contributed by atoms with Gasteiger partial charge >= 0.3 is 0 Å². The van der Waals surface area contributed by atoms with Gasteiger partial charge in [0.15, 0.2) is 11.5 Å². The lowest BCUT2D eigenvalue weighted by Crippen LogP contribution is -2.33. The zero-order valence-corrected chi connectivity index (χ0v) is 18.0. The quantitative estimate of drug-likeness (QED) is 0.700. The molecule has 4 rings (SSSR count). The average Bonchev–Trinajstić information content (AvgIpc) is 3.59. The van der Waals surface area contributed by atoms with Crippen LogP contribution in [-0.2, 0) is 11.3 Å². The van der Waals surface area contributed by atoms with Gasteiger partial charge in [-0.2, -0.15) is 0 Å². The summed E-state index contributed by atoms with van der Waals surface area (Å²) in [5.74, 6) is 2.73. The molecule has 0 aromatic heterocycles. The maximum Gasteiger partial charge on any atom is 0.226 e. The van der Waals surface area contributed by atoms with Gasteiger partial charge in [-0.15, -0.1) is 0 Å². The lowest BCUT2D eigenvalue weighted by molar-refractivity contribution is -0.133. The molecule has 0 spiro atoms. The minimum absolute atomic E-state index is 0.198. The van der Waals surface area contributed by atoms with Gasteiger partial charge in [-0.1, -0.05) is 12.1 Å². The van der Waals surface area contributed by atoms with E-state index in [2.05, 4.69) is 17.0 Å². The molecule has 6 nitrogen and oxygen atoms in total. The SMILES string of the molecule is COc1cccc(-c2cc3c(c(OCCN(C)C)c2)OCCN(C(=O)C2CC2)C3)c1. The number of ether oxygens (including phenoxy) is 3. The molecule has 0 bridgehead atoms. The fraction of sp³-hybridized carbons (Fsp3) is 0.458. The monoisotopic (exact) mass is 410 g/mol. The Bertz CT molecular complexity index is 908. The smallest absolute Gasteiger partial charge is 0.226 e. The summed E-state index contributed by atoms with van der Waals surface area (Å²) in [5, 5.41) is 0. The molecule has 0 unspecified atom stereocenters. The van der Waals surface area contributed by atoms with Crippen molar-refractivity contribution in [3.05, 3.63) is 42.0 Å². The van der Waals surface area contributed by atoms with E-state index in [0.29, 0.717) is 26.3 Å². The van der Waals surface area contributed by atoms with Crippen LogP contribution < -0.4 is 14.2 Å². The van der Waals surface area contributed by atoms with E-state index >= 15 is 0 Å². The standard InChI is InChI=1S/C24H30N2O4/c1-25(2)9-11-29-22-15-19(18-5-4-6-21(14-18)28-3)13-20-16-26(10-12-30-23(20)22)24(27)17-7-8-17/h4-6,13-15,17H,7-12,16H2,1-3H3. The van der Waals surface area contributed by atoms with Gasteiger partial charge in [-0.3, -0.25) is 4.79 Å². The minimum Gasteiger partial charge on any atom is -0.497 e. The number of carbonyl (C=O) groups is 1. The molecule has 1 amide bonds. The maximum atomic E-state index is 12.7. The molecule has 0 atom stereocenters. The summed E-state index contributed by atoms with van der Waals surface area (Å²) >= 11 is 0. The van der Waals surface area contributed by atoms with Crippen LogP contribution in [0.4, 0.5) is 0 Å². The third-order valence-corrected chi connectivity index (χ3v) is 5.54. The number of carbonyl (C=O) groups excluding carboxylic acids is 1. The molecule has 1 heterocycles. The van der Waals surface area contributed by atoms with Crippen LogP contribution in [0.15, 0.2) is 36.4 Å². The zero-order valence-electron chi connectivity index (χ0n) is 18.0. The molecule has 1 saturated carbocycles. The van der Waals surface area contributed by atoms with Gasteiger partial charge in [-0.25, -0.2) is 0 Å². The van der Waals surface area contributed by atoms with Gasteiger partial charge in [0.1, 0.15) is 19.0 Å². The Hall–Kier alpha value is -2.73. The van der Waals surface area contributed by atoms with Crippen LogP contribution in [0.2, 0.25) is 0 Å². The van der Waals surface area contributed by atoms with Gasteiger partial charge in [0, 0.05) is 24.6 Å². The molecular formula is C24H30N2O4. The Morgan fingerprint density at radius 1 is 1.20 bits per heavy atom. The van der Waals surface area contributed by atoms with Gasteiger partial charge in [0.2, 0.25) is 5.91 Å². The van der Waals surface area contributed by atoms with Gasteiger partial charge in [0.05, 0.1) is 13.7 Å². The predicted molar refractivity (Wildman–Crippen MR) is 116 cm³/mol. The fourth-order valence-corrected chi connectivity index (χ4v) is 3.68. The summed E-state index contributed by atoms with van der Waals surface area (Å²) in [6.07, 6.45) is 2.01. The summed E-state index contributed by atoms with van der Waals surface area (Å²) in [7, 11) is 5.71. The molecule has 1 aliphatic carbocycles. The summed E-state index contributed by atoms with van der Waals surface area (Å²) in [6.45, 7) is 3.01. The van der Waals surface area contributed by atoms with E-state index in [-0.39, 0.29) is 11.8 Å². The summed E-state index contributed by atoms with van der Waals surface area (Å²) in [4.78, 5) is 16.7. The molecule has 6 heteroatoms. The zero-order chi connectivity index (χ0) is 21.1. The Kier molecular flexibility index (Phi) is 6.13. The first-order valence-electron chi connectivity index (χ1n) is 10.6. The van der Waals surface area contributed by atoms with E-state index in [9.17, 15) is 4.79 Å². The molecule has 2 aromatic rings. The summed E-state index contributed by atoms with van der Waals surface area (Å²) < 4.78 is 17.6. The Morgan fingerprint density at radius 2 is 2.03 bits per heavy atom. The maximum absolute atomic E-state index is 12.7. The van der Waals surface area contributed by atoms with Crippen LogP contribution in [0.3, 0.4) is 0 Å². The van der Waals surface area contributed by atoms with Crippen molar-refractivity contribution in [3.8, 4) is 28.4 Å². The van der Waals surface area contributed by atoms with Crippen molar-refractivity contribution in [2.24, 2.45) is 5.92 Å². The second-order valence-corrected chi connectivity index (χ2v) is 8.23. The minimum atomic E-state index is 0.198. The number of benzene rings is 2. The highest BCUT2D eigenvalue weighted by molar-refractivity contribution is 5.81. The lowest BCUT2D eigenvalue weighted by atomic mass is 10.0. The first-order valence-corrected chi connectivity index (χ1v) is 10.6. The largest absolute Gasteiger partial charge is 0.497 e. The molecule has 30 heavy (non-hydrogen) atoms. The highest BCUT2D eigenvalue weighted by Crippen LogP contribution is 2.40. The van der Waals surface area contributed by atoms with E-state index in [0.717, 1.165) is 53.3 Å². The molecular weight excluding hydrogens is 380 g/mol. The van der Waals surface area contributed by atoms with Gasteiger partial charge in [-0.05, 0) is 62.3 Å². The molecule has 2 aromatic carbocycles. The van der Waals surface area contributed by atoms with E-state index < -0.39 is 0 Å². The van der Waals surface area contributed by atoms with Crippen LogP contribution in [0.5, 0.6) is 17.2 Å². The van der Waals surface area contributed by atoms with Crippen LogP contribution in [0.25, 0.3) is 11.1 Å². The number of nitrogens with zero attached hydrogens (tertiary/aromatic N) is 2. The number of hydrogen-bond acceptors (Lipinski definition) is 5. The highest BCUT2D eigenvalue weighted by Gasteiger charge is 2.34. The molecule has 0 saturated heterocycles. The number of methoxy groups -OCH3 is 1. The van der Waals surface area contributed by atoms with Crippen molar-refractivity contribution in [1.29, 1.82) is 0 Å². The van der Waals surface area contributed by atoms with E-state index in [1.165, 1.54) is 0 Å². The van der Waals surface area contributed by atoms with Crippen molar-refractivity contribution in [2.45, 2.75) is 19.4 Å². The van der Waals surface area contributed by atoms with Crippen LogP contribution in [-0.4, -0.2) is 63.2 Å². The molecule has 1 aliphatic heterocycles. The topological polar surface area (TPSA) is 51.2 Å². The Labute approximate surface area is 178 Å². The van der Waals surface area contributed by atoms with E-state index in [4.69, 9.17) is 14.2 Å². The molecule has 0 N–H and O–H groups in total. The van der Waals surface area contributed by atoms with Crippen LogP contribution in [0, 0.1) is 5.92 Å². The first-order chi connectivity index (χ1) is 14.5. The Morgan fingerprint density at radius 3 is 2.77 bits per heavy atom. The van der Waals surface area contributed by atoms with Crippen molar-refractivity contribution in [1.82, 2.24) is 9.80 Å². The van der Waals surface area contributed by atoms with Gasteiger partial charge < -0.3 is 24.0 Å². The number of fused-ring (bicyclic) bond motifs is 1. The number of amides is 1. The average molecular weight is 411 g/mol. The molecule has 2 aliphatic rings. The van der Waals surface area contributed by atoms with Crippen molar-refractivity contribution >= 4 is 5.91 Å². The normalized spacial score (nSPS) is 15.9. The predicted octanol–water partition coefficient (Wildman–Crippen LogP) is 3.43. The Balaban J connectivity index is 1.69. The summed E-state index contributed by atoms with van der Waals surface area (Å²) in [6, 6.07) is 12.1. The van der Waals surface area contributed by atoms with Crippen molar-refractivity contribution in [2.75, 3.05) is 47.5 Å². The van der Waals surface area contributed by atoms with E-state index in [1.807, 2.05) is 43.3 Å². The van der Waals surface area contributed by atoms with Crippen molar-refractivity contribution in [3.63, 3.8) is 0 Å². The highest BCUT2D eigenvalue weighted by atomic mass is 16.5. The first kappa shape index (κ1) is 20.5. The van der Waals surface area contributed by atoms with Gasteiger partial charge in [0.25, 0.3) is 0 Å². The number of rotatable bonds is 7. The van der Waals surface area contributed by atoms with Crippen molar-refractivity contribution < 1.29 is 19.0 Å². The lowest BCUT2D eigenvalue weighted by Gasteiger charge is -2.20. The second-order valence-electron chi connectivity index (χ2n) is 8.23. The fourth-order valence-electron chi connectivity index (χ4n) is 3.68. The number of likely N-dealkylation sites (N-methyl/N-ethyl adjacent to an activating group) is 1. The number of hydrogen-bond donors (Lipinski definition) is 0. The third-order valence-electron chi connectivity index (χ3n) is 5.54. The van der Waals surface area contributed by atoms with Crippen LogP contribution in [0.1, 0.15) is 18.4 Å². The second kappa shape index (κ2) is 8.96. The molecule has 1 fully saturated rings. The van der Waals surface area contributed by atoms with E-state index in [1.54, 1.807) is 7.11 Å².